The number of ketones is 1. The summed E-state index contributed by atoms with van der Waals surface area (Å²) in [4.78, 5) is 16.8. The number of halogens is 1. The molecule has 2 aromatic rings. The second-order valence-corrected chi connectivity index (χ2v) is 6.38. The molecule has 0 bridgehead atoms. The number of hydrogen-bond acceptors (Lipinski definition) is 4. The number of benzene rings is 1. The van der Waals surface area contributed by atoms with E-state index in [1.807, 2.05) is 30.3 Å². The molecule has 120 valence electrons. The molecule has 0 N–H and O–H groups in total. The van der Waals surface area contributed by atoms with Crippen LogP contribution in [0.5, 0.6) is 0 Å². The smallest absolute Gasteiger partial charge is 0.233 e. The summed E-state index contributed by atoms with van der Waals surface area (Å²) in [5.41, 5.74) is 0.0950. The van der Waals surface area contributed by atoms with E-state index >= 15 is 0 Å². The van der Waals surface area contributed by atoms with Crippen molar-refractivity contribution in [3.05, 3.63) is 47.5 Å². The van der Waals surface area contributed by atoms with E-state index in [9.17, 15) is 9.18 Å². The van der Waals surface area contributed by atoms with Gasteiger partial charge in [0.1, 0.15) is 5.60 Å². The highest BCUT2D eigenvalue weighted by Crippen LogP contribution is 2.39. The van der Waals surface area contributed by atoms with Gasteiger partial charge in [-0.3, -0.25) is 4.79 Å². The minimum absolute atomic E-state index is 0.0627. The van der Waals surface area contributed by atoms with E-state index in [-0.39, 0.29) is 23.5 Å². The van der Waals surface area contributed by atoms with Crippen LogP contribution >= 0.6 is 0 Å². The summed E-state index contributed by atoms with van der Waals surface area (Å²) < 4.78 is 21.5. The van der Waals surface area contributed by atoms with Crippen LogP contribution in [0.3, 0.4) is 0 Å². The number of carbonyl (C=O) groups excluding carboxylic acids is 1. The van der Waals surface area contributed by atoms with Crippen molar-refractivity contribution >= 4 is 5.78 Å². The predicted molar refractivity (Wildman–Crippen MR) is 81.0 cm³/mol. The summed E-state index contributed by atoms with van der Waals surface area (Å²) in [5, 5.41) is 4.32. The molecule has 1 aromatic carbocycles. The fourth-order valence-corrected chi connectivity index (χ4v) is 3.42. The van der Waals surface area contributed by atoms with Gasteiger partial charge in [-0.05, 0) is 25.3 Å². The topological polar surface area (TPSA) is 57.0 Å². The van der Waals surface area contributed by atoms with Gasteiger partial charge in [-0.25, -0.2) is 14.1 Å². The van der Waals surface area contributed by atoms with E-state index in [1.165, 1.54) is 0 Å². The Hall–Kier alpha value is -2.08. The standard InChI is InChI=1S/C17H18FN3O2/c1-17(8-5-9-23-17)14(22)15-19-16-12(18)10-13(21(16)20-15)11-6-3-2-4-7-11/h2-4,6-7,12-13H,5,8-10H2,1H3. The van der Waals surface area contributed by atoms with Crippen LogP contribution in [0.4, 0.5) is 4.39 Å². The molecule has 2 aliphatic rings. The van der Waals surface area contributed by atoms with Crippen LogP contribution in [0.1, 0.15) is 60.4 Å². The molecule has 3 unspecified atom stereocenters. The summed E-state index contributed by atoms with van der Waals surface area (Å²) >= 11 is 0. The molecule has 3 heterocycles. The highest BCUT2D eigenvalue weighted by molar-refractivity contribution is 5.99. The third-order valence-electron chi connectivity index (χ3n) is 4.75. The Morgan fingerprint density at radius 3 is 2.87 bits per heavy atom. The zero-order valence-corrected chi connectivity index (χ0v) is 12.9. The molecule has 6 heteroatoms. The lowest BCUT2D eigenvalue weighted by atomic mass is 9.97. The Balaban J connectivity index is 1.69. The summed E-state index contributed by atoms with van der Waals surface area (Å²) in [7, 11) is 0. The van der Waals surface area contributed by atoms with Crippen molar-refractivity contribution in [1.82, 2.24) is 14.8 Å². The molecule has 2 aliphatic heterocycles. The Bertz CT molecular complexity index is 738. The molecule has 1 saturated heterocycles. The van der Waals surface area contributed by atoms with Crippen LogP contribution in [0.2, 0.25) is 0 Å². The maximum absolute atomic E-state index is 14.3. The van der Waals surface area contributed by atoms with Gasteiger partial charge in [-0.2, -0.15) is 0 Å². The maximum Gasteiger partial charge on any atom is 0.233 e. The number of hydrogen-bond donors (Lipinski definition) is 0. The summed E-state index contributed by atoms with van der Waals surface area (Å²) in [6, 6.07) is 9.41. The lowest BCUT2D eigenvalue weighted by Gasteiger charge is -2.19. The first-order chi connectivity index (χ1) is 11.1. The first-order valence-electron chi connectivity index (χ1n) is 7.93. The van der Waals surface area contributed by atoms with Crippen molar-refractivity contribution in [1.29, 1.82) is 0 Å². The van der Waals surface area contributed by atoms with Crippen LogP contribution < -0.4 is 0 Å². The highest BCUT2D eigenvalue weighted by Gasteiger charge is 2.43. The molecule has 0 radical (unpaired) electrons. The van der Waals surface area contributed by atoms with Crippen molar-refractivity contribution in [3.8, 4) is 0 Å². The third kappa shape index (κ3) is 2.28. The SMILES string of the molecule is CC1(C(=O)c2nc3n(n2)C(c2ccccc2)CC3F)CCCO1. The van der Waals surface area contributed by atoms with Crippen molar-refractivity contribution in [2.45, 2.75) is 44.0 Å². The van der Waals surface area contributed by atoms with E-state index in [2.05, 4.69) is 10.1 Å². The van der Waals surface area contributed by atoms with E-state index in [1.54, 1.807) is 11.6 Å². The molecule has 4 rings (SSSR count). The molecule has 1 fully saturated rings. The van der Waals surface area contributed by atoms with Crippen LogP contribution in [0, 0.1) is 0 Å². The molecular formula is C17H18FN3O2. The van der Waals surface area contributed by atoms with Crippen molar-refractivity contribution in [2.75, 3.05) is 6.61 Å². The number of fused-ring (bicyclic) bond motifs is 1. The van der Waals surface area contributed by atoms with Gasteiger partial charge in [0.15, 0.2) is 12.0 Å². The number of ether oxygens (including phenoxy) is 1. The highest BCUT2D eigenvalue weighted by atomic mass is 19.1. The maximum atomic E-state index is 14.3. The van der Waals surface area contributed by atoms with Crippen molar-refractivity contribution in [2.24, 2.45) is 0 Å². The van der Waals surface area contributed by atoms with Gasteiger partial charge in [-0.1, -0.05) is 30.3 Å². The van der Waals surface area contributed by atoms with E-state index < -0.39 is 11.8 Å². The first-order valence-corrected chi connectivity index (χ1v) is 7.93. The average Bonchev–Trinajstić information content (AvgIpc) is 3.25. The van der Waals surface area contributed by atoms with Gasteiger partial charge in [0.25, 0.3) is 0 Å². The zero-order chi connectivity index (χ0) is 16.0. The summed E-state index contributed by atoms with van der Waals surface area (Å²) in [6.07, 6.45) is 0.596. The van der Waals surface area contributed by atoms with Crippen molar-refractivity contribution < 1.29 is 13.9 Å². The number of Topliss-reactive ketones (excluding diaryl/α,β-unsaturated/α-hetero) is 1. The Labute approximate surface area is 133 Å². The zero-order valence-electron chi connectivity index (χ0n) is 12.9. The summed E-state index contributed by atoms with van der Waals surface area (Å²) in [5.74, 6) is 0.0485. The Morgan fingerprint density at radius 1 is 1.39 bits per heavy atom. The van der Waals surface area contributed by atoms with Crippen molar-refractivity contribution in [3.63, 3.8) is 0 Å². The average molecular weight is 315 g/mol. The fraction of sp³-hybridized carbons (Fsp3) is 0.471. The molecule has 0 aliphatic carbocycles. The third-order valence-corrected chi connectivity index (χ3v) is 4.75. The minimum atomic E-state index is -1.20. The quantitative estimate of drug-likeness (QED) is 0.817. The lowest BCUT2D eigenvalue weighted by molar-refractivity contribution is 0.0203. The molecule has 1 aromatic heterocycles. The lowest BCUT2D eigenvalue weighted by Crippen LogP contribution is -2.35. The van der Waals surface area contributed by atoms with Gasteiger partial charge >= 0.3 is 0 Å². The molecule has 0 amide bonds. The van der Waals surface area contributed by atoms with Gasteiger partial charge in [0.05, 0.1) is 6.04 Å². The second kappa shape index (κ2) is 5.23. The van der Waals surface area contributed by atoms with Gasteiger partial charge in [0.2, 0.25) is 11.6 Å². The molecule has 23 heavy (non-hydrogen) atoms. The largest absolute Gasteiger partial charge is 0.367 e. The Kier molecular flexibility index (Phi) is 3.30. The monoisotopic (exact) mass is 315 g/mol. The molecule has 5 nitrogen and oxygen atoms in total. The predicted octanol–water partition coefficient (Wildman–Crippen LogP) is 3.03. The molecule has 3 atom stereocenters. The second-order valence-electron chi connectivity index (χ2n) is 6.38. The van der Waals surface area contributed by atoms with E-state index in [0.29, 0.717) is 19.4 Å². The van der Waals surface area contributed by atoms with Crippen LogP contribution in [0.25, 0.3) is 0 Å². The van der Waals surface area contributed by atoms with Gasteiger partial charge in [0, 0.05) is 13.0 Å². The normalized spacial score (nSPS) is 29.7. The number of aromatic nitrogens is 3. The number of rotatable bonds is 3. The number of nitrogens with zero attached hydrogens (tertiary/aromatic N) is 3. The fourth-order valence-electron chi connectivity index (χ4n) is 3.42. The summed E-state index contributed by atoms with van der Waals surface area (Å²) in [6.45, 7) is 2.32. The Morgan fingerprint density at radius 2 is 2.17 bits per heavy atom. The van der Waals surface area contributed by atoms with E-state index in [0.717, 1.165) is 12.0 Å². The van der Waals surface area contributed by atoms with Crippen LogP contribution in [-0.2, 0) is 4.74 Å². The van der Waals surface area contributed by atoms with Gasteiger partial charge in [-0.15, -0.1) is 5.10 Å². The van der Waals surface area contributed by atoms with Gasteiger partial charge < -0.3 is 4.74 Å². The number of carbonyl (C=O) groups is 1. The van der Waals surface area contributed by atoms with Crippen LogP contribution in [0.15, 0.2) is 30.3 Å². The van der Waals surface area contributed by atoms with E-state index in [4.69, 9.17) is 4.74 Å². The molecule has 0 spiro atoms. The van der Waals surface area contributed by atoms with Crippen LogP contribution in [-0.4, -0.2) is 32.8 Å². The molecule has 0 saturated carbocycles. The first kappa shape index (κ1) is 14.5. The molecular weight excluding hydrogens is 297 g/mol. The number of alkyl halides is 1. The minimum Gasteiger partial charge on any atom is -0.367 e.